The van der Waals surface area contributed by atoms with E-state index in [0.29, 0.717) is 10.6 Å². The molecule has 1 heterocycles. The van der Waals surface area contributed by atoms with E-state index >= 15 is 0 Å². The fraction of sp³-hybridized carbons (Fsp3) is 0.294. The number of anilines is 1. The summed E-state index contributed by atoms with van der Waals surface area (Å²) in [5.41, 5.74) is 1.10. The van der Waals surface area contributed by atoms with Crippen molar-refractivity contribution in [2.45, 2.75) is 19.9 Å². The molecule has 128 valence electrons. The Labute approximate surface area is 143 Å². The second-order valence-electron chi connectivity index (χ2n) is 5.09. The largest absolute Gasteiger partial charge is 0.462 e. The van der Waals surface area contributed by atoms with Crippen molar-refractivity contribution in [3.8, 4) is 0 Å². The first-order valence-corrected chi connectivity index (χ1v) is 8.42. The number of carbonyl (C=O) groups excluding carboxylic acids is 2. The van der Waals surface area contributed by atoms with Crippen LogP contribution in [0.5, 0.6) is 0 Å². The molecule has 5 nitrogen and oxygen atoms in total. The number of amides is 1. The third kappa shape index (κ3) is 4.87. The summed E-state index contributed by atoms with van der Waals surface area (Å²) in [6, 6.07) is 7.64. The van der Waals surface area contributed by atoms with Gasteiger partial charge in [-0.05, 0) is 43.0 Å². The average molecular weight is 350 g/mol. The molecule has 7 heteroatoms. The lowest BCUT2D eigenvalue weighted by Gasteiger charge is -2.14. The normalized spacial score (nSPS) is 11.8. The molecule has 2 aromatic rings. The number of hydrogen-bond donors (Lipinski definition) is 2. The summed E-state index contributed by atoms with van der Waals surface area (Å²) in [6.07, 6.45) is 0. The van der Waals surface area contributed by atoms with Crippen molar-refractivity contribution >= 4 is 28.2 Å². The Kier molecular flexibility index (Phi) is 6.45. The quantitative estimate of drug-likeness (QED) is 0.752. The predicted molar refractivity (Wildman–Crippen MR) is 91.7 cm³/mol. The Hall–Kier alpha value is -2.25. The zero-order valence-electron chi connectivity index (χ0n) is 13.5. The van der Waals surface area contributed by atoms with Crippen molar-refractivity contribution in [2.24, 2.45) is 0 Å². The molecule has 0 aliphatic heterocycles. The highest BCUT2D eigenvalue weighted by Gasteiger charge is 2.16. The topological polar surface area (TPSA) is 67.4 Å². The van der Waals surface area contributed by atoms with Gasteiger partial charge in [0, 0.05) is 6.04 Å². The molecule has 0 saturated heterocycles. The van der Waals surface area contributed by atoms with Crippen molar-refractivity contribution in [1.82, 2.24) is 5.32 Å². The molecule has 0 saturated carbocycles. The first kappa shape index (κ1) is 18.1. The Morgan fingerprint density at radius 1 is 1.33 bits per heavy atom. The van der Waals surface area contributed by atoms with Crippen LogP contribution in [0, 0.1) is 5.82 Å². The van der Waals surface area contributed by atoms with Crippen LogP contribution in [0.4, 0.5) is 9.39 Å². The summed E-state index contributed by atoms with van der Waals surface area (Å²) in [7, 11) is 0. The van der Waals surface area contributed by atoms with Crippen molar-refractivity contribution < 1.29 is 18.7 Å². The van der Waals surface area contributed by atoms with Gasteiger partial charge in [0.15, 0.2) is 0 Å². The van der Waals surface area contributed by atoms with Crippen LogP contribution in [0.3, 0.4) is 0 Å². The first-order valence-electron chi connectivity index (χ1n) is 7.54. The number of esters is 1. The summed E-state index contributed by atoms with van der Waals surface area (Å²) in [4.78, 5) is 23.8. The molecule has 0 fully saturated rings. The molecular weight excluding hydrogens is 331 g/mol. The number of thiophene rings is 1. The standard InChI is InChI=1S/C17H19FN2O3S/c1-3-23-17(22)14-7-8-24-16(14)20-15(21)10-19-11(2)12-5-4-6-13(18)9-12/h4-9,11,19H,3,10H2,1-2H3,(H,20,21). The van der Waals surface area contributed by atoms with E-state index < -0.39 is 5.97 Å². The van der Waals surface area contributed by atoms with Crippen LogP contribution in [0.2, 0.25) is 0 Å². The molecule has 2 rings (SSSR count). The maximum absolute atomic E-state index is 13.2. The second kappa shape index (κ2) is 8.56. The van der Waals surface area contributed by atoms with E-state index in [0.717, 1.165) is 5.56 Å². The first-order chi connectivity index (χ1) is 11.5. The molecule has 0 aliphatic carbocycles. The van der Waals surface area contributed by atoms with Crippen LogP contribution in [0.25, 0.3) is 0 Å². The van der Waals surface area contributed by atoms with Gasteiger partial charge in [-0.15, -0.1) is 11.3 Å². The zero-order chi connectivity index (χ0) is 17.5. The number of ether oxygens (including phenoxy) is 1. The highest BCUT2D eigenvalue weighted by molar-refractivity contribution is 7.14. The number of nitrogens with one attached hydrogen (secondary N) is 2. The van der Waals surface area contributed by atoms with Crippen LogP contribution >= 0.6 is 11.3 Å². The second-order valence-corrected chi connectivity index (χ2v) is 6.01. The van der Waals surface area contributed by atoms with Crippen molar-refractivity contribution in [3.05, 3.63) is 52.7 Å². The third-order valence-corrected chi connectivity index (χ3v) is 4.16. The van der Waals surface area contributed by atoms with E-state index in [1.165, 1.54) is 23.5 Å². The van der Waals surface area contributed by atoms with Crippen LogP contribution in [-0.4, -0.2) is 25.0 Å². The summed E-state index contributed by atoms with van der Waals surface area (Å²) >= 11 is 1.25. The van der Waals surface area contributed by atoms with Crippen molar-refractivity contribution in [2.75, 3.05) is 18.5 Å². The van der Waals surface area contributed by atoms with Gasteiger partial charge in [0.05, 0.1) is 18.7 Å². The fourth-order valence-corrected chi connectivity index (χ4v) is 2.88. The zero-order valence-corrected chi connectivity index (χ0v) is 14.3. The van der Waals surface area contributed by atoms with E-state index in [2.05, 4.69) is 10.6 Å². The van der Waals surface area contributed by atoms with E-state index in [-0.39, 0.29) is 30.9 Å². The minimum atomic E-state index is -0.463. The van der Waals surface area contributed by atoms with E-state index in [1.807, 2.05) is 6.92 Å². The molecule has 1 aromatic heterocycles. The Balaban J connectivity index is 1.90. The summed E-state index contributed by atoms with van der Waals surface area (Å²) in [6.45, 7) is 3.88. The maximum Gasteiger partial charge on any atom is 0.341 e. The smallest absolute Gasteiger partial charge is 0.341 e. The number of carbonyl (C=O) groups is 2. The fourth-order valence-electron chi connectivity index (χ4n) is 2.09. The SMILES string of the molecule is CCOC(=O)c1ccsc1NC(=O)CNC(C)c1cccc(F)c1. The Morgan fingerprint density at radius 3 is 2.83 bits per heavy atom. The van der Waals surface area contributed by atoms with E-state index in [4.69, 9.17) is 4.74 Å². The van der Waals surface area contributed by atoms with Crippen LogP contribution in [0.1, 0.15) is 35.8 Å². The highest BCUT2D eigenvalue weighted by Crippen LogP contribution is 2.24. The molecule has 1 unspecified atom stereocenters. The molecule has 2 N–H and O–H groups in total. The predicted octanol–water partition coefficient (Wildman–Crippen LogP) is 3.35. The van der Waals surface area contributed by atoms with Gasteiger partial charge in [-0.3, -0.25) is 4.79 Å². The number of benzene rings is 1. The van der Waals surface area contributed by atoms with E-state index in [9.17, 15) is 14.0 Å². The van der Waals surface area contributed by atoms with Crippen molar-refractivity contribution in [3.63, 3.8) is 0 Å². The van der Waals surface area contributed by atoms with Crippen LogP contribution < -0.4 is 10.6 Å². The molecule has 0 bridgehead atoms. The maximum atomic E-state index is 13.2. The number of halogens is 1. The lowest BCUT2D eigenvalue weighted by molar-refractivity contribution is -0.115. The van der Waals surface area contributed by atoms with Gasteiger partial charge in [0.1, 0.15) is 10.8 Å². The van der Waals surface area contributed by atoms with Gasteiger partial charge in [0.25, 0.3) is 0 Å². The molecule has 1 amide bonds. The summed E-state index contributed by atoms with van der Waals surface area (Å²) in [5.74, 6) is -1.07. The van der Waals surface area contributed by atoms with Gasteiger partial charge in [0.2, 0.25) is 5.91 Å². The van der Waals surface area contributed by atoms with Gasteiger partial charge in [-0.2, -0.15) is 0 Å². The third-order valence-electron chi connectivity index (χ3n) is 3.33. The molecule has 1 aromatic carbocycles. The van der Waals surface area contributed by atoms with Gasteiger partial charge in [-0.1, -0.05) is 12.1 Å². The monoisotopic (exact) mass is 350 g/mol. The minimum absolute atomic E-state index is 0.0395. The lowest BCUT2D eigenvalue weighted by atomic mass is 10.1. The molecule has 24 heavy (non-hydrogen) atoms. The van der Waals surface area contributed by atoms with E-state index in [1.54, 1.807) is 30.5 Å². The molecule has 1 atom stereocenters. The molecular formula is C17H19FN2O3S. The summed E-state index contributed by atoms with van der Waals surface area (Å²) < 4.78 is 18.2. The van der Waals surface area contributed by atoms with Gasteiger partial charge in [-0.25, -0.2) is 9.18 Å². The molecule has 0 radical (unpaired) electrons. The number of hydrogen-bond acceptors (Lipinski definition) is 5. The molecule has 0 aliphatic rings. The lowest BCUT2D eigenvalue weighted by Crippen LogP contribution is -2.30. The van der Waals surface area contributed by atoms with Crippen molar-refractivity contribution in [1.29, 1.82) is 0 Å². The average Bonchev–Trinajstić information content (AvgIpc) is 3.01. The molecule has 0 spiro atoms. The van der Waals surface area contributed by atoms with Gasteiger partial charge >= 0.3 is 5.97 Å². The Morgan fingerprint density at radius 2 is 2.12 bits per heavy atom. The highest BCUT2D eigenvalue weighted by atomic mass is 32.1. The van der Waals surface area contributed by atoms with Crippen LogP contribution in [-0.2, 0) is 9.53 Å². The minimum Gasteiger partial charge on any atom is -0.462 e. The van der Waals surface area contributed by atoms with Gasteiger partial charge < -0.3 is 15.4 Å². The number of rotatable bonds is 7. The van der Waals surface area contributed by atoms with Crippen LogP contribution in [0.15, 0.2) is 35.7 Å². The summed E-state index contributed by atoms with van der Waals surface area (Å²) in [5, 5.41) is 7.88. The Bertz CT molecular complexity index is 717.